The Morgan fingerprint density at radius 3 is 2.33 bits per heavy atom. The maximum atomic E-state index is 6.42. The molecular formula is C27H22BNO. The summed E-state index contributed by atoms with van der Waals surface area (Å²) in [4.78, 5) is 2.40. The normalized spacial score (nSPS) is 13.3. The van der Waals surface area contributed by atoms with Crippen molar-refractivity contribution in [1.82, 2.24) is 0 Å². The van der Waals surface area contributed by atoms with Gasteiger partial charge in [-0.05, 0) is 79.1 Å². The fourth-order valence-electron chi connectivity index (χ4n) is 5.17. The average Bonchev–Trinajstić information content (AvgIpc) is 2.74. The predicted molar refractivity (Wildman–Crippen MR) is 127 cm³/mol. The van der Waals surface area contributed by atoms with Gasteiger partial charge in [-0.25, -0.2) is 0 Å². The molecule has 6 rings (SSSR count). The van der Waals surface area contributed by atoms with Crippen molar-refractivity contribution in [2.45, 2.75) is 20.8 Å². The van der Waals surface area contributed by atoms with Gasteiger partial charge >= 0.3 is 0 Å². The third-order valence-electron chi connectivity index (χ3n) is 6.32. The van der Waals surface area contributed by atoms with Crippen molar-refractivity contribution in [2.75, 3.05) is 4.90 Å². The number of para-hydroxylation sites is 1. The highest BCUT2D eigenvalue weighted by atomic mass is 16.5. The van der Waals surface area contributed by atoms with Crippen molar-refractivity contribution in [3.8, 4) is 11.5 Å². The number of anilines is 3. The average molecular weight is 387 g/mol. The van der Waals surface area contributed by atoms with Gasteiger partial charge in [-0.1, -0.05) is 53.6 Å². The summed E-state index contributed by atoms with van der Waals surface area (Å²) >= 11 is 0. The molecule has 2 heterocycles. The predicted octanol–water partition coefficient (Wildman–Crippen LogP) is 5.02. The minimum atomic E-state index is 0.176. The molecule has 2 nitrogen and oxygen atoms in total. The quantitative estimate of drug-likeness (QED) is 0.368. The summed E-state index contributed by atoms with van der Waals surface area (Å²) in [6.45, 7) is 6.76. The van der Waals surface area contributed by atoms with E-state index in [1.807, 2.05) is 0 Å². The second-order valence-corrected chi connectivity index (χ2v) is 8.45. The number of nitrogens with zero attached hydrogens (tertiary/aromatic N) is 1. The molecule has 30 heavy (non-hydrogen) atoms. The Bertz CT molecular complexity index is 1310. The van der Waals surface area contributed by atoms with E-state index >= 15 is 0 Å². The Morgan fingerprint density at radius 1 is 0.667 bits per heavy atom. The zero-order valence-electron chi connectivity index (χ0n) is 17.4. The molecule has 0 aliphatic carbocycles. The van der Waals surface area contributed by atoms with Crippen LogP contribution >= 0.6 is 0 Å². The third-order valence-corrected chi connectivity index (χ3v) is 6.32. The highest BCUT2D eigenvalue weighted by Gasteiger charge is 2.42. The minimum Gasteiger partial charge on any atom is -0.458 e. The van der Waals surface area contributed by atoms with Gasteiger partial charge in [0.1, 0.15) is 11.5 Å². The Hall–Kier alpha value is -3.46. The van der Waals surface area contributed by atoms with E-state index in [-0.39, 0.29) is 6.71 Å². The van der Waals surface area contributed by atoms with Crippen molar-refractivity contribution in [1.29, 1.82) is 0 Å². The summed E-state index contributed by atoms with van der Waals surface area (Å²) in [6.07, 6.45) is 0. The van der Waals surface area contributed by atoms with Gasteiger partial charge in [0.05, 0.1) is 0 Å². The van der Waals surface area contributed by atoms with E-state index in [0.717, 1.165) is 11.5 Å². The molecule has 0 unspecified atom stereocenters. The van der Waals surface area contributed by atoms with Crippen LogP contribution < -0.4 is 26.0 Å². The Morgan fingerprint density at radius 2 is 1.50 bits per heavy atom. The van der Waals surface area contributed by atoms with Crippen LogP contribution in [-0.2, 0) is 0 Å². The molecule has 2 aliphatic heterocycles. The molecule has 0 aromatic heterocycles. The van der Waals surface area contributed by atoms with E-state index < -0.39 is 0 Å². The van der Waals surface area contributed by atoms with E-state index in [2.05, 4.69) is 105 Å². The molecule has 0 saturated carbocycles. The molecule has 0 amide bonds. The van der Waals surface area contributed by atoms with Crippen LogP contribution in [0.1, 0.15) is 16.7 Å². The molecule has 144 valence electrons. The summed E-state index contributed by atoms with van der Waals surface area (Å²) in [7, 11) is 0. The number of benzene rings is 4. The minimum absolute atomic E-state index is 0.176. The van der Waals surface area contributed by atoms with Crippen LogP contribution in [0.25, 0.3) is 0 Å². The summed E-state index contributed by atoms with van der Waals surface area (Å²) in [5.74, 6) is 1.93. The number of fused-ring (bicyclic) bond motifs is 4. The molecule has 4 aromatic rings. The van der Waals surface area contributed by atoms with Crippen LogP contribution in [-0.4, -0.2) is 6.71 Å². The van der Waals surface area contributed by atoms with E-state index in [1.54, 1.807) is 0 Å². The molecule has 2 aliphatic rings. The lowest BCUT2D eigenvalue weighted by atomic mass is 9.33. The molecule has 0 N–H and O–H groups in total. The molecular weight excluding hydrogens is 365 g/mol. The van der Waals surface area contributed by atoms with Crippen LogP contribution in [0.3, 0.4) is 0 Å². The van der Waals surface area contributed by atoms with Crippen LogP contribution in [0, 0.1) is 20.8 Å². The van der Waals surface area contributed by atoms with Crippen molar-refractivity contribution >= 4 is 40.2 Å². The lowest BCUT2D eigenvalue weighted by Gasteiger charge is -2.41. The molecule has 0 radical (unpaired) electrons. The lowest BCUT2D eigenvalue weighted by molar-refractivity contribution is 0.487. The zero-order chi connectivity index (χ0) is 20.4. The number of aryl methyl sites for hydroxylation is 3. The molecule has 4 aromatic carbocycles. The molecule has 3 heteroatoms. The number of hydrogen-bond acceptors (Lipinski definition) is 2. The molecule has 0 fully saturated rings. The maximum Gasteiger partial charge on any atom is 0.256 e. The molecule has 0 saturated heterocycles. The SMILES string of the molecule is Cc1ccc2c(c1)B1c3c(C)cc(C)cc3N(c3ccccc3)c3cccc(c31)O2. The summed E-state index contributed by atoms with van der Waals surface area (Å²) in [6, 6.07) is 28.3. The lowest BCUT2D eigenvalue weighted by Crippen LogP contribution is -2.60. The highest BCUT2D eigenvalue weighted by Crippen LogP contribution is 2.41. The van der Waals surface area contributed by atoms with Crippen LogP contribution in [0.2, 0.25) is 0 Å². The second-order valence-electron chi connectivity index (χ2n) is 8.45. The number of hydrogen-bond donors (Lipinski definition) is 0. The second kappa shape index (κ2) is 6.27. The van der Waals surface area contributed by atoms with Gasteiger partial charge < -0.3 is 9.64 Å². The first-order valence-electron chi connectivity index (χ1n) is 10.5. The Labute approximate surface area is 177 Å². The van der Waals surface area contributed by atoms with Crippen molar-refractivity contribution < 1.29 is 4.74 Å². The van der Waals surface area contributed by atoms with Gasteiger partial charge in [0.15, 0.2) is 0 Å². The maximum absolute atomic E-state index is 6.42. The van der Waals surface area contributed by atoms with Gasteiger partial charge in [0.2, 0.25) is 0 Å². The first-order chi connectivity index (χ1) is 14.6. The van der Waals surface area contributed by atoms with Gasteiger partial charge in [0.25, 0.3) is 6.71 Å². The summed E-state index contributed by atoms with van der Waals surface area (Å²) in [5, 5.41) is 0. The fraction of sp³-hybridized carbons (Fsp3) is 0.111. The third kappa shape index (κ3) is 2.38. The van der Waals surface area contributed by atoms with Crippen LogP contribution in [0.5, 0.6) is 11.5 Å². The molecule has 0 spiro atoms. The first-order valence-corrected chi connectivity index (χ1v) is 10.5. The first kappa shape index (κ1) is 17.4. The Balaban J connectivity index is 1.74. The van der Waals surface area contributed by atoms with Gasteiger partial charge in [0, 0.05) is 17.1 Å². The van der Waals surface area contributed by atoms with E-state index in [0.29, 0.717) is 0 Å². The van der Waals surface area contributed by atoms with E-state index in [9.17, 15) is 0 Å². The van der Waals surface area contributed by atoms with Crippen molar-refractivity contribution in [3.05, 3.63) is 95.6 Å². The molecule has 0 bridgehead atoms. The van der Waals surface area contributed by atoms with Crippen LogP contribution in [0.4, 0.5) is 17.1 Å². The number of ether oxygens (including phenoxy) is 1. The zero-order valence-corrected chi connectivity index (χ0v) is 17.4. The van der Waals surface area contributed by atoms with Crippen molar-refractivity contribution in [2.24, 2.45) is 0 Å². The number of rotatable bonds is 1. The van der Waals surface area contributed by atoms with E-state index in [1.165, 1.54) is 50.1 Å². The van der Waals surface area contributed by atoms with E-state index in [4.69, 9.17) is 4.74 Å². The fourth-order valence-corrected chi connectivity index (χ4v) is 5.17. The van der Waals surface area contributed by atoms with Crippen LogP contribution in [0.15, 0.2) is 78.9 Å². The highest BCUT2D eigenvalue weighted by molar-refractivity contribution is 6.99. The molecule has 0 atom stereocenters. The summed E-state index contributed by atoms with van der Waals surface area (Å²) in [5.41, 5.74) is 11.4. The van der Waals surface area contributed by atoms with Gasteiger partial charge in [-0.15, -0.1) is 0 Å². The van der Waals surface area contributed by atoms with Gasteiger partial charge in [-0.3, -0.25) is 0 Å². The summed E-state index contributed by atoms with van der Waals surface area (Å²) < 4.78 is 6.42. The topological polar surface area (TPSA) is 12.5 Å². The smallest absolute Gasteiger partial charge is 0.256 e. The largest absolute Gasteiger partial charge is 0.458 e. The van der Waals surface area contributed by atoms with Gasteiger partial charge in [-0.2, -0.15) is 0 Å². The standard InChI is InChI=1S/C27H22BNO/c1-17-12-13-24-21(15-17)28-26-19(3)14-18(2)16-23(26)29(20-8-5-4-6-9-20)22-10-7-11-25(30-24)27(22)28/h4-16H,1-3H3. The van der Waals surface area contributed by atoms with Crippen molar-refractivity contribution in [3.63, 3.8) is 0 Å². The monoisotopic (exact) mass is 387 g/mol. The Kier molecular flexibility index (Phi) is 3.64.